The van der Waals surface area contributed by atoms with E-state index in [1.54, 1.807) is 0 Å². The highest BCUT2D eigenvalue weighted by Gasteiger charge is 2.28. The molecular formula is C25H35N7O. The molecule has 1 aromatic carbocycles. The number of piperidine rings is 1. The molecule has 3 aromatic rings. The standard InChI is InChI=1S/C25H35N7O/c1-16(2)26-12-13-27-25(33)20-10-14-31(15-11-20)24-23-22(18(4)28-29-24)19(5)32(30-23)21-8-6-17(3)7-9-21/h6-9,16,20,26H,10-15H2,1-5H3,(H,27,33). The van der Waals surface area contributed by atoms with Gasteiger partial charge in [-0.15, -0.1) is 5.10 Å². The molecule has 33 heavy (non-hydrogen) atoms. The Kier molecular flexibility index (Phi) is 6.93. The van der Waals surface area contributed by atoms with Crippen molar-refractivity contribution in [3.05, 3.63) is 41.2 Å². The number of benzene rings is 1. The van der Waals surface area contributed by atoms with Crippen LogP contribution in [0, 0.1) is 26.7 Å². The van der Waals surface area contributed by atoms with Crippen molar-refractivity contribution in [3.8, 4) is 5.69 Å². The van der Waals surface area contributed by atoms with Gasteiger partial charge in [0, 0.05) is 38.1 Å². The number of carbonyl (C=O) groups excluding carboxylic acids is 1. The Morgan fingerprint density at radius 2 is 1.76 bits per heavy atom. The molecule has 3 heterocycles. The monoisotopic (exact) mass is 449 g/mol. The fourth-order valence-corrected chi connectivity index (χ4v) is 4.51. The summed E-state index contributed by atoms with van der Waals surface area (Å²) in [4.78, 5) is 14.8. The maximum Gasteiger partial charge on any atom is 0.223 e. The van der Waals surface area contributed by atoms with E-state index in [-0.39, 0.29) is 11.8 Å². The van der Waals surface area contributed by atoms with E-state index in [0.717, 1.165) is 66.3 Å². The second-order valence-electron chi connectivity index (χ2n) is 9.33. The lowest BCUT2D eigenvalue weighted by Gasteiger charge is -2.32. The van der Waals surface area contributed by atoms with E-state index in [4.69, 9.17) is 5.10 Å². The second kappa shape index (κ2) is 9.87. The van der Waals surface area contributed by atoms with Crippen molar-refractivity contribution in [2.75, 3.05) is 31.1 Å². The normalized spacial score (nSPS) is 14.9. The molecule has 0 unspecified atom stereocenters. The quantitative estimate of drug-likeness (QED) is 0.539. The lowest BCUT2D eigenvalue weighted by Crippen LogP contribution is -2.43. The molecule has 8 nitrogen and oxygen atoms in total. The van der Waals surface area contributed by atoms with Gasteiger partial charge in [0.2, 0.25) is 5.91 Å². The topological polar surface area (TPSA) is 88.0 Å². The first-order valence-corrected chi connectivity index (χ1v) is 11.9. The smallest absolute Gasteiger partial charge is 0.223 e. The molecule has 2 N–H and O–H groups in total. The SMILES string of the molecule is Cc1ccc(-n2nc3c(N4CCC(C(=O)NCCNC(C)C)CC4)nnc(C)c3c2C)cc1. The number of nitrogens with one attached hydrogen (secondary N) is 2. The number of anilines is 1. The van der Waals surface area contributed by atoms with Crippen LogP contribution in [-0.2, 0) is 4.79 Å². The minimum absolute atomic E-state index is 0.0426. The van der Waals surface area contributed by atoms with Gasteiger partial charge in [-0.1, -0.05) is 31.5 Å². The predicted molar refractivity (Wildman–Crippen MR) is 132 cm³/mol. The molecule has 2 aromatic heterocycles. The molecule has 1 amide bonds. The van der Waals surface area contributed by atoms with Gasteiger partial charge < -0.3 is 15.5 Å². The van der Waals surface area contributed by atoms with Crippen molar-refractivity contribution in [2.24, 2.45) is 5.92 Å². The highest BCUT2D eigenvalue weighted by Crippen LogP contribution is 2.31. The highest BCUT2D eigenvalue weighted by atomic mass is 16.1. The van der Waals surface area contributed by atoms with Crippen molar-refractivity contribution in [2.45, 2.75) is 53.5 Å². The van der Waals surface area contributed by atoms with Crippen LogP contribution in [0.1, 0.15) is 43.6 Å². The number of aromatic nitrogens is 4. The third kappa shape index (κ3) is 5.00. The molecule has 0 radical (unpaired) electrons. The molecule has 0 saturated carbocycles. The van der Waals surface area contributed by atoms with E-state index < -0.39 is 0 Å². The van der Waals surface area contributed by atoms with E-state index in [1.165, 1.54) is 5.56 Å². The lowest BCUT2D eigenvalue weighted by molar-refractivity contribution is -0.125. The average Bonchev–Trinajstić information content (AvgIpc) is 3.15. The minimum Gasteiger partial charge on any atom is -0.355 e. The van der Waals surface area contributed by atoms with Crippen LogP contribution in [0.15, 0.2) is 24.3 Å². The largest absolute Gasteiger partial charge is 0.355 e. The summed E-state index contributed by atoms with van der Waals surface area (Å²) in [5.74, 6) is 1.01. The van der Waals surface area contributed by atoms with Crippen LogP contribution >= 0.6 is 0 Å². The number of nitrogens with zero attached hydrogens (tertiary/aromatic N) is 5. The Morgan fingerprint density at radius 3 is 2.42 bits per heavy atom. The van der Waals surface area contributed by atoms with Gasteiger partial charge in [0.15, 0.2) is 5.82 Å². The molecule has 176 valence electrons. The fourth-order valence-electron chi connectivity index (χ4n) is 4.51. The van der Waals surface area contributed by atoms with Gasteiger partial charge in [0.05, 0.1) is 22.5 Å². The number of carbonyl (C=O) groups is 1. The number of amides is 1. The molecule has 0 aliphatic carbocycles. The van der Waals surface area contributed by atoms with Gasteiger partial charge in [0.1, 0.15) is 5.52 Å². The highest BCUT2D eigenvalue weighted by molar-refractivity contribution is 5.92. The van der Waals surface area contributed by atoms with E-state index in [2.05, 4.69) is 77.7 Å². The van der Waals surface area contributed by atoms with Crippen molar-refractivity contribution >= 4 is 22.6 Å². The summed E-state index contributed by atoms with van der Waals surface area (Å²) in [7, 11) is 0. The third-order valence-electron chi connectivity index (χ3n) is 6.41. The van der Waals surface area contributed by atoms with Gasteiger partial charge in [0.25, 0.3) is 0 Å². The van der Waals surface area contributed by atoms with Crippen molar-refractivity contribution < 1.29 is 4.79 Å². The fraction of sp³-hybridized carbons (Fsp3) is 0.520. The maximum absolute atomic E-state index is 12.6. The van der Waals surface area contributed by atoms with E-state index >= 15 is 0 Å². The maximum atomic E-state index is 12.6. The molecule has 0 atom stereocenters. The van der Waals surface area contributed by atoms with Crippen molar-refractivity contribution in [1.29, 1.82) is 0 Å². The number of hydrogen-bond donors (Lipinski definition) is 2. The van der Waals surface area contributed by atoms with E-state index in [1.807, 2.05) is 11.6 Å². The number of fused-ring (bicyclic) bond motifs is 1. The molecular weight excluding hydrogens is 414 g/mol. The summed E-state index contributed by atoms with van der Waals surface area (Å²) in [6.45, 7) is 13.4. The molecule has 4 rings (SSSR count). The van der Waals surface area contributed by atoms with E-state index in [0.29, 0.717) is 12.6 Å². The first kappa shape index (κ1) is 23.2. The van der Waals surface area contributed by atoms with Crippen LogP contribution in [0.3, 0.4) is 0 Å². The van der Waals surface area contributed by atoms with Crippen molar-refractivity contribution in [3.63, 3.8) is 0 Å². The number of rotatable bonds is 7. The summed E-state index contributed by atoms with van der Waals surface area (Å²) in [6.07, 6.45) is 1.61. The van der Waals surface area contributed by atoms with Crippen molar-refractivity contribution in [1.82, 2.24) is 30.6 Å². The van der Waals surface area contributed by atoms with Gasteiger partial charge in [-0.3, -0.25) is 4.79 Å². The Balaban J connectivity index is 1.49. The number of aryl methyl sites for hydroxylation is 3. The van der Waals surface area contributed by atoms with Crippen LogP contribution in [0.2, 0.25) is 0 Å². The Bertz CT molecular complexity index is 1110. The molecule has 0 bridgehead atoms. The van der Waals surface area contributed by atoms with E-state index in [9.17, 15) is 4.79 Å². The average molecular weight is 450 g/mol. The van der Waals surface area contributed by atoms with Crippen LogP contribution in [-0.4, -0.2) is 58.1 Å². The number of hydrogen-bond acceptors (Lipinski definition) is 6. The van der Waals surface area contributed by atoms with Gasteiger partial charge in [-0.05, 0) is 45.7 Å². The zero-order valence-electron chi connectivity index (χ0n) is 20.4. The summed E-state index contributed by atoms with van der Waals surface area (Å²) < 4.78 is 1.98. The summed E-state index contributed by atoms with van der Waals surface area (Å²) in [6, 6.07) is 8.80. The van der Waals surface area contributed by atoms with Crippen LogP contribution < -0.4 is 15.5 Å². The Labute approximate surface area is 195 Å². The summed E-state index contributed by atoms with van der Waals surface area (Å²) in [5, 5.41) is 21.4. The first-order valence-electron chi connectivity index (χ1n) is 11.9. The van der Waals surface area contributed by atoms with Gasteiger partial charge in [-0.2, -0.15) is 10.2 Å². The zero-order valence-corrected chi connectivity index (χ0v) is 20.4. The Hall–Kier alpha value is -3.00. The third-order valence-corrected chi connectivity index (χ3v) is 6.41. The Morgan fingerprint density at radius 1 is 1.06 bits per heavy atom. The zero-order chi connectivity index (χ0) is 23.5. The molecule has 1 aliphatic heterocycles. The molecule has 1 fully saturated rings. The van der Waals surface area contributed by atoms with Crippen LogP contribution in [0.4, 0.5) is 5.82 Å². The van der Waals surface area contributed by atoms with Crippen LogP contribution in [0.5, 0.6) is 0 Å². The molecule has 8 heteroatoms. The molecule has 1 aliphatic rings. The van der Waals surface area contributed by atoms with Gasteiger partial charge in [-0.25, -0.2) is 4.68 Å². The summed E-state index contributed by atoms with van der Waals surface area (Å²) in [5.41, 5.74) is 5.07. The second-order valence-corrected chi connectivity index (χ2v) is 9.33. The van der Waals surface area contributed by atoms with Crippen LogP contribution in [0.25, 0.3) is 16.6 Å². The summed E-state index contributed by atoms with van der Waals surface area (Å²) >= 11 is 0. The molecule has 0 spiro atoms. The molecule has 1 saturated heterocycles. The first-order chi connectivity index (χ1) is 15.8. The minimum atomic E-state index is 0.0426. The van der Waals surface area contributed by atoms with Gasteiger partial charge >= 0.3 is 0 Å². The predicted octanol–water partition coefficient (Wildman–Crippen LogP) is 3.07. The lowest BCUT2D eigenvalue weighted by atomic mass is 9.96.